The van der Waals surface area contributed by atoms with Crippen LogP contribution in [0, 0.1) is 0 Å². The van der Waals surface area contributed by atoms with Crippen LogP contribution in [-0.4, -0.2) is 21.9 Å². The Morgan fingerprint density at radius 1 is 1.13 bits per heavy atom. The molecule has 0 saturated carbocycles. The molecule has 1 N–H and O–H groups in total. The van der Waals surface area contributed by atoms with Crippen LogP contribution in [0.25, 0.3) is 22.3 Å². The number of carbonyl (C=O) groups is 1. The quantitative estimate of drug-likeness (QED) is 0.797. The Balaban J connectivity index is 2.13. The maximum absolute atomic E-state index is 12.7. The third-order valence-electron chi connectivity index (χ3n) is 3.88. The van der Waals surface area contributed by atoms with Gasteiger partial charge < -0.3 is 5.32 Å². The number of fused-ring (bicyclic) bond motifs is 1. The first-order valence-electron chi connectivity index (χ1n) is 7.81. The van der Waals surface area contributed by atoms with Gasteiger partial charge in [-0.25, -0.2) is 4.98 Å². The number of rotatable bonds is 4. The van der Waals surface area contributed by atoms with Crippen LogP contribution in [-0.2, 0) is 0 Å². The van der Waals surface area contributed by atoms with E-state index in [4.69, 9.17) is 0 Å². The number of carbonyl (C=O) groups excluding carboxylic acids is 1. The first-order chi connectivity index (χ1) is 11.2. The number of hydrogen-bond donors (Lipinski definition) is 1. The van der Waals surface area contributed by atoms with Crippen molar-refractivity contribution in [2.45, 2.75) is 26.3 Å². The van der Waals surface area contributed by atoms with Crippen molar-refractivity contribution in [2.75, 3.05) is 0 Å². The van der Waals surface area contributed by atoms with Crippen molar-refractivity contribution < 1.29 is 4.79 Å². The van der Waals surface area contributed by atoms with Crippen molar-refractivity contribution in [1.82, 2.24) is 15.3 Å². The number of amides is 1. The molecule has 3 aromatic rings. The molecule has 1 aromatic carbocycles. The van der Waals surface area contributed by atoms with Crippen molar-refractivity contribution in [2.24, 2.45) is 0 Å². The van der Waals surface area contributed by atoms with E-state index in [1.807, 2.05) is 55.5 Å². The second kappa shape index (κ2) is 6.57. The van der Waals surface area contributed by atoms with Crippen molar-refractivity contribution in [3.8, 4) is 11.4 Å². The highest BCUT2D eigenvalue weighted by Crippen LogP contribution is 2.23. The number of aromatic nitrogens is 2. The fraction of sp³-hybridized carbons (Fsp3) is 0.211. The zero-order valence-corrected chi connectivity index (χ0v) is 13.3. The van der Waals surface area contributed by atoms with Crippen LogP contribution in [0.3, 0.4) is 0 Å². The fourth-order valence-electron chi connectivity index (χ4n) is 2.41. The van der Waals surface area contributed by atoms with Crippen LogP contribution in [0.5, 0.6) is 0 Å². The fourth-order valence-corrected chi connectivity index (χ4v) is 2.41. The molecular weight excluding hydrogens is 286 g/mol. The van der Waals surface area contributed by atoms with Crippen LogP contribution in [0.4, 0.5) is 0 Å². The van der Waals surface area contributed by atoms with Gasteiger partial charge in [-0.1, -0.05) is 31.2 Å². The Kier molecular flexibility index (Phi) is 4.33. The molecule has 116 valence electrons. The number of nitrogens with zero attached hydrogens (tertiary/aromatic N) is 2. The highest BCUT2D eigenvalue weighted by molar-refractivity contribution is 6.07. The molecule has 0 aliphatic rings. The second-order valence-corrected chi connectivity index (χ2v) is 5.57. The van der Waals surface area contributed by atoms with Gasteiger partial charge in [-0.05, 0) is 37.6 Å². The minimum atomic E-state index is -0.0740. The monoisotopic (exact) mass is 305 g/mol. The molecule has 2 heterocycles. The molecule has 0 aliphatic heterocycles. The number of benzene rings is 1. The Bertz CT molecular complexity index is 830. The summed E-state index contributed by atoms with van der Waals surface area (Å²) in [5, 5.41) is 3.88. The van der Waals surface area contributed by atoms with E-state index in [1.165, 1.54) is 0 Å². The Hall–Kier alpha value is -2.75. The van der Waals surface area contributed by atoms with Gasteiger partial charge >= 0.3 is 0 Å². The number of para-hydroxylation sites is 1. The molecular formula is C19H19N3O. The van der Waals surface area contributed by atoms with E-state index >= 15 is 0 Å². The van der Waals surface area contributed by atoms with Crippen molar-refractivity contribution in [3.05, 3.63) is 60.3 Å². The van der Waals surface area contributed by atoms with E-state index < -0.39 is 0 Å². The lowest BCUT2D eigenvalue weighted by Gasteiger charge is -2.14. The van der Waals surface area contributed by atoms with Crippen molar-refractivity contribution >= 4 is 16.8 Å². The molecule has 0 radical (unpaired) electrons. The standard InChI is InChI=1S/C19H19N3O/c1-3-13(2)21-19(23)15-12-18(17-10-6-7-11-20-17)22-16-9-5-4-8-14(15)16/h4-13H,3H2,1-2H3,(H,21,23). The number of hydrogen-bond acceptors (Lipinski definition) is 3. The first kappa shape index (κ1) is 15.2. The zero-order valence-electron chi connectivity index (χ0n) is 13.3. The molecule has 0 saturated heterocycles. The molecule has 4 heteroatoms. The van der Waals surface area contributed by atoms with Crippen LogP contribution in [0.1, 0.15) is 30.6 Å². The van der Waals surface area contributed by atoms with Gasteiger partial charge in [-0.2, -0.15) is 0 Å². The number of pyridine rings is 2. The summed E-state index contributed by atoms with van der Waals surface area (Å²) in [6, 6.07) is 15.3. The molecule has 0 bridgehead atoms. The van der Waals surface area contributed by atoms with Gasteiger partial charge in [0.25, 0.3) is 5.91 Å². The summed E-state index contributed by atoms with van der Waals surface area (Å²) in [7, 11) is 0. The van der Waals surface area contributed by atoms with E-state index in [0.29, 0.717) is 11.3 Å². The van der Waals surface area contributed by atoms with Crippen LogP contribution < -0.4 is 5.32 Å². The van der Waals surface area contributed by atoms with E-state index in [2.05, 4.69) is 22.2 Å². The van der Waals surface area contributed by atoms with E-state index in [0.717, 1.165) is 23.0 Å². The maximum Gasteiger partial charge on any atom is 0.252 e. The summed E-state index contributed by atoms with van der Waals surface area (Å²) in [6.07, 6.45) is 2.62. The molecule has 0 aliphatic carbocycles. The smallest absolute Gasteiger partial charge is 0.252 e. The van der Waals surface area contributed by atoms with Gasteiger partial charge in [0, 0.05) is 17.6 Å². The summed E-state index contributed by atoms with van der Waals surface area (Å²) in [5.41, 5.74) is 2.90. The topological polar surface area (TPSA) is 54.9 Å². The largest absolute Gasteiger partial charge is 0.350 e. The molecule has 2 aromatic heterocycles. The summed E-state index contributed by atoms with van der Waals surface area (Å²) in [6.45, 7) is 4.05. The molecule has 1 amide bonds. The van der Waals surface area contributed by atoms with Crippen molar-refractivity contribution in [3.63, 3.8) is 0 Å². The summed E-state index contributed by atoms with van der Waals surface area (Å²) in [4.78, 5) is 21.6. The Morgan fingerprint density at radius 2 is 1.91 bits per heavy atom. The van der Waals surface area contributed by atoms with Gasteiger partial charge in [0.1, 0.15) is 0 Å². The predicted octanol–water partition coefficient (Wildman–Crippen LogP) is 3.83. The lowest BCUT2D eigenvalue weighted by molar-refractivity contribution is 0.0941. The van der Waals surface area contributed by atoms with Crippen LogP contribution in [0.15, 0.2) is 54.7 Å². The van der Waals surface area contributed by atoms with Gasteiger partial charge in [0.15, 0.2) is 0 Å². The Morgan fingerprint density at radius 3 is 2.65 bits per heavy atom. The minimum Gasteiger partial charge on any atom is -0.350 e. The highest BCUT2D eigenvalue weighted by Gasteiger charge is 2.15. The average Bonchev–Trinajstić information content (AvgIpc) is 2.61. The molecule has 3 rings (SSSR count). The summed E-state index contributed by atoms with van der Waals surface area (Å²) >= 11 is 0. The minimum absolute atomic E-state index is 0.0740. The maximum atomic E-state index is 12.7. The SMILES string of the molecule is CCC(C)NC(=O)c1cc(-c2ccccn2)nc2ccccc12. The molecule has 1 atom stereocenters. The predicted molar refractivity (Wildman–Crippen MR) is 92.2 cm³/mol. The van der Waals surface area contributed by atoms with E-state index in [1.54, 1.807) is 6.20 Å². The third-order valence-corrected chi connectivity index (χ3v) is 3.88. The van der Waals surface area contributed by atoms with Crippen molar-refractivity contribution in [1.29, 1.82) is 0 Å². The second-order valence-electron chi connectivity index (χ2n) is 5.57. The van der Waals surface area contributed by atoms with Gasteiger partial charge in [-0.3, -0.25) is 9.78 Å². The Labute approximate surface area is 135 Å². The van der Waals surface area contributed by atoms with E-state index in [-0.39, 0.29) is 11.9 Å². The van der Waals surface area contributed by atoms with Gasteiger partial charge in [-0.15, -0.1) is 0 Å². The molecule has 0 fully saturated rings. The summed E-state index contributed by atoms with van der Waals surface area (Å²) < 4.78 is 0. The normalized spacial score (nSPS) is 12.1. The zero-order chi connectivity index (χ0) is 16.2. The van der Waals surface area contributed by atoms with Gasteiger partial charge in [0.2, 0.25) is 0 Å². The third kappa shape index (κ3) is 3.21. The molecule has 1 unspecified atom stereocenters. The van der Waals surface area contributed by atoms with Crippen LogP contribution in [0.2, 0.25) is 0 Å². The average molecular weight is 305 g/mol. The van der Waals surface area contributed by atoms with E-state index in [9.17, 15) is 4.79 Å². The van der Waals surface area contributed by atoms with Gasteiger partial charge in [0.05, 0.1) is 22.5 Å². The van der Waals surface area contributed by atoms with Crippen LogP contribution >= 0.6 is 0 Å². The molecule has 4 nitrogen and oxygen atoms in total. The number of nitrogens with one attached hydrogen (secondary N) is 1. The summed E-state index contributed by atoms with van der Waals surface area (Å²) in [5.74, 6) is -0.0740. The lowest BCUT2D eigenvalue weighted by atomic mass is 10.0. The lowest BCUT2D eigenvalue weighted by Crippen LogP contribution is -2.32. The first-order valence-corrected chi connectivity index (χ1v) is 7.81. The molecule has 23 heavy (non-hydrogen) atoms. The highest BCUT2D eigenvalue weighted by atomic mass is 16.1. The molecule has 0 spiro atoms.